The van der Waals surface area contributed by atoms with Crippen molar-refractivity contribution in [2.24, 2.45) is 0 Å². The highest BCUT2D eigenvalue weighted by Gasteiger charge is 2.06. The SMILES string of the molecule is CCC(O)CNCc1ccc2ccccc2c1O. The molecule has 3 heteroatoms. The summed E-state index contributed by atoms with van der Waals surface area (Å²) in [6, 6.07) is 11.7. The molecule has 0 aliphatic heterocycles. The van der Waals surface area contributed by atoms with Crippen LogP contribution in [0.15, 0.2) is 36.4 Å². The Morgan fingerprint density at radius 1 is 1.17 bits per heavy atom. The van der Waals surface area contributed by atoms with Crippen LogP contribution in [0.1, 0.15) is 18.9 Å². The molecular formula is C15H19NO2. The van der Waals surface area contributed by atoms with Crippen LogP contribution in [0.4, 0.5) is 0 Å². The van der Waals surface area contributed by atoms with Gasteiger partial charge in [-0.3, -0.25) is 0 Å². The van der Waals surface area contributed by atoms with Crippen molar-refractivity contribution in [1.82, 2.24) is 5.32 Å². The molecule has 2 aromatic rings. The van der Waals surface area contributed by atoms with E-state index < -0.39 is 0 Å². The van der Waals surface area contributed by atoms with Crippen molar-refractivity contribution in [2.45, 2.75) is 26.0 Å². The molecule has 0 saturated heterocycles. The van der Waals surface area contributed by atoms with E-state index in [4.69, 9.17) is 0 Å². The molecule has 0 saturated carbocycles. The van der Waals surface area contributed by atoms with Gasteiger partial charge in [0.1, 0.15) is 5.75 Å². The number of hydrogen-bond acceptors (Lipinski definition) is 3. The van der Waals surface area contributed by atoms with E-state index in [9.17, 15) is 10.2 Å². The van der Waals surface area contributed by atoms with Crippen molar-refractivity contribution < 1.29 is 10.2 Å². The molecule has 1 atom stereocenters. The smallest absolute Gasteiger partial charge is 0.127 e. The molecule has 0 bridgehead atoms. The third-order valence-electron chi connectivity index (χ3n) is 3.15. The first-order chi connectivity index (χ1) is 8.72. The average molecular weight is 245 g/mol. The van der Waals surface area contributed by atoms with Gasteiger partial charge >= 0.3 is 0 Å². The highest BCUT2D eigenvalue weighted by Crippen LogP contribution is 2.28. The minimum Gasteiger partial charge on any atom is -0.507 e. The Morgan fingerprint density at radius 3 is 2.72 bits per heavy atom. The molecule has 3 nitrogen and oxygen atoms in total. The van der Waals surface area contributed by atoms with Crippen molar-refractivity contribution in [3.8, 4) is 5.75 Å². The van der Waals surface area contributed by atoms with Crippen molar-refractivity contribution in [3.63, 3.8) is 0 Å². The van der Waals surface area contributed by atoms with Crippen molar-refractivity contribution in [1.29, 1.82) is 0 Å². The van der Waals surface area contributed by atoms with Gasteiger partial charge in [-0.1, -0.05) is 43.3 Å². The highest BCUT2D eigenvalue weighted by atomic mass is 16.3. The van der Waals surface area contributed by atoms with E-state index in [1.807, 2.05) is 43.3 Å². The van der Waals surface area contributed by atoms with E-state index in [0.29, 0.717) is 18.8 Å². The minimum atomic E-state index is -0.326. The number of rotatable bonds is 5. The highest BCUT2D eigenvalue weighted by molar-refractivity contribution is 5.89. The Kier molecular flexibility index (Phi) is 4.18. The fourth-order valence-electron chi connectivity index (χ4n) is 1.96. The van der Waals surface area contributed by atoms with Gasteiger partial charge in [0.2, 0.25) is 0 Å². The molecule has 0 aliphatic rings. The van der Waals surface area contributed by atoms with Crippen LogP contribution in [-0.4, -0.2) is 22.9 Å². The summed E-state index contributed by atoms with van der Waals surface area (Å²) in [5.74, 6) is 0.326. The molecule has 0 fully saturated rings. The second-order valence-corrected chi connectivity index (χ2v) is 4.49. The number of fused-ring (bicyclic) bond motifs is 1. The molecule has 0 spiro atoms. The van der Waals surface area contributed by atoms with E-state index in [2.05, 4.69) is 5.32 Å². The third kappa shape index (κ3) is 2.81. The third-order valence-corrected chi connectivity index (χ3v) is 3.15. The number of hydrogen-bond donors (Lipinski definition) is 3. The van der Waals surface area contributed by atoms with Crippen LogP contribution in [0, 0.1) is 0 Å². The fourth-order valence-corrected chi connectivity index (χ4v) is 1.96. The largest absolute Gasteiger partial charge is 0.507 e. The van der Waals surface area contributed by atoms with Gasteiger partial charge in [0.05, 0.1) is 6.10 Å². The van der Waals surface area contributed by atoms with E-state index >= 15 is 0 Å². The Labute approximate surface area is 107 Å². The molecule has 0 heterocycles. The van der Waals surface area contributed by atoms with E-state index in [-0.39, 0.29) is 6.10 Å². The normalized spacial score (nSPS) is 12.8. The summed E-state index contributed by atoms with van der Waals surface area (Å²) in [5, 5.41) is 24.7. The number of aliphatic hydroxyl groups excluding tert-OH is 1. The minimum absolute atomic E-state index is 0.326. The zero-order valence-corrected chi connectivity index (χ0v) is 10.6. The van der Waals surface area contributed by atoms with Crippen LogP contribution in [0.2, 0.25) is 0 Å². The summed E-state index contributed by atoms with van der Waals surface area (Å²) < 4.78 is 0. The van der Waals surface area contributed by atoms with Crippen molar-refractivity contribution in [3.05, 3.63) is 42.0 Å². The second kappa shape index (κ2) is 5.85. The molecule has 0 aromatic heterocycles. The maximum atomic E-state index is 10.2. The van der Waals surface area contributed by atoms with Gasteiger partial charge < -0.3 is 15.5 Å². The van der Waals surface area contributed by atoms with E-state index in [1.54, 1.807) is 0 Å². The van der Waals surface area contributed by atoms with Gasteiger partial charge in [-0.2, -0.15) is 0 Å². The van der Waals surface area contributed by atoms with E-state index in [0.717, 1.165) is 22.8 Å². The van der Waals surface area contributed by atoms with Gasteiger partial charge in [0, 0.05) is 24.0 Å². The number of phenols is 1. The summed E-state index contributed by atoms with van der Waals surface area (Å²) >= 11 is 0. The van der Waals surface area contributed by atoms with Gasteiger partial charge in [0.15, 0.2) is 0 Å². The molecule has 18 heavy (non-hydrogen) atoms. The predicted molar refractivity (Wildman–Crippen MR) is 73.6 cm³/mol. The summed E-state index contributed by atoms with van der Waals surface area (Å²) in [4.78, 5) is 0. The first-order valence-electron chi connectivity index (χ1n) is 6.30. The Balaban J connectivity index is 2.12. The predicted octanol–water partition coefficient (Wildman–Crippen LogP) is 2.41. The maximum absolute atomic E-state index is 10.2. The molecule has 2 aromatic carbocycles. The van der Waals surface area contributed by atoms with Crippen LogP contribution < -0.4 is 5.32 Å². The molecule has 0 amide bonds. The zero-order chi connectivity index (χ0) is 13.0. The molecule has 96 valence electrons. The monoisotopic (exact) mass is 245 g/mol. The summed E-state index contributed by atoms with van der Waals surface area (Å²) in [6.45, 7) is 3.05. The maximum Gasteiger partial charge on any atom is 0.127 e. The molecule has 2 rings (SSSR count). The second-order valence-electron chi connectivity index (χ2n) is 4.49. The van der Waals surface area contributed by atoms with Crippen molar-refractivity contribution >= 4 is 10.8 Å². The Hall–Kier alpha value is -1.58. The number of aromatic hydroxyl groups is 1. The standard InChI is InChI=1S/C15H19NO2/c1-2-13(17)10-16-9-12-8-7-11-5-3-4-6-14(11)15(12)18/h3-8,13,16-18H,2,9-10H2,1H3. The number of benzene rings is 2. The average Bonchev–Trinajstić information content (AvgIpc) is 2.41. The lowest BCUT2D eigenvalue weighted by molar-refractivity contribution is 0.167. The molecular weight excluding hydrogens is 226 g/mol. The number of phenolic OH excluding ortho intramolecular Hbond substituents is 1. The molecule has 3 N–H and O–H groups in total. The first kappa shape index (κ1) is 12.9. The van der Waals surface area contributed by atoms with Crippen LogP contribution in [-0.2, 0) is 6.54 Å². The van der Waals surface area contributed by atoms with Crippen LogP contribution >= 0.6 is 0 Å². The number of nitrogens with one attached hydrogen (secondary N) is 1. The zero-order valence-electron chi connectivity index (χ0n) is 10.6. The van der Waals surface area contributed by atoms with Crippen LogP contribution in [0.3, 0.4) is 0 Å². The van der Waals surface area contributed by atoms with Gasteiger partial charge in [-0.25, -0.2) is 0 Å². The lowest BCUT2D eigenvalue weighted by Gasteiger charge is -2.11. The van der Waals surface area contributed by atoms with Crippen LogP contribution in [0.25, 0.3) is 10.8 Å². The molecule has 0 aliphatic carbocycles. The van der Waals surface area contributed by atoms with Gasteiger partial charge in [-0.05, 0) is 11.8 Å². The molecule has 0 radical (unpaired) electrons. The Bertz CT molecular complexity index is 525. The summed E-state index contributed by atoms with van der Waals surface area (Å²) in [7, 11) is 0. The Morgan fingerprint density at radius 2 is 1.94 bits per heavy atom. The van der Waals surface area contributed by atoms with Crippen LogP contribution in [0.5, 0.6) is 5.75 Å². The van der Waals surface area contributed by atoms with E-state index in [1.165, 1.54) is 0 Å². The quantitative estimate of drug-likeness (QED) is 0.758. The first-order valence-corrected chi connectivity index (χ1v) is 6.30. The van der Waals surface area contributed by atoms with Crippen molar-refractivity contribution in [2.75, 3.05) is 6.54 Å². The topological polar surface area (TPSA) is 52.5 Å². The summed E-state index contributed by atoms with van der Waals surface area (Å²) in [6.07, 6.45) is 0.407. The molecule has 1 unspecified atom stereocenters. The lowest BCUT2D eigenvalue weighted by atomic mass is 10.1. The number of aliphatic hydroxyl groups is 1. The fraction of sp³-hybridized carbons (Fsp3) is 0.333. The lowest BCUT2D eigenvalue weighted by Crippen LogP contribution is -2.25. The summed E-state index contributed by atoms with van der Waals surface area (Å²) in [5.41, 5.74) is 0.858. The van der Waals surface area contributed by atoms with Gasteiger partial charge in [-0.15, -0.1) is 0 Å². The van der Waals surface area contributed by atoms with Gasteiger partial charge in [0.25, 0.3) is 0 Å².